The SMILES string of the molecule is FC(F)(F)C1Oc2cc(Cc3ccc(Cl)nc3)ccc2C=C1Cl. The second-order valence-corrected chi connectivity index (χ2v) is 5.93. The fourth-order valence-corrected chi connectivity index (χ4v) is 2.69. The Bertz CT molecular complexity index is 757. The van der Waals surface area contributed by atoms with E-state index in [0.717, 1.165) is 11.1 Å². The summed E-state index contributed by atoms with van der Waals surface area (Å²) in [5.74, 6) is 0.163. The number of pyridine rings is 1. The number of fused-ring (bicyclic) bond motifs is 1. The molecule has 0 radical (unpaired) electrons. The van der Waals surface area contributed by atoms with Gasteiger partial charge < -0.3 is 4.74 Å². The van der Waals surface area contributed by atoms with Gasteiger partial charge in [0.05, 0.1) is 5.03 Å². The highest BCUT2D eigenvalue weighted by Crippen LogP contribution is 2.39. The molecule has 1 aliphatic heterocycles. The molecule has 1 aliphatic rings. The van der Waals surface area contributed by atoms with Crippen molar-refractivity contribution in [1.82, 2.24) is 4.98 Å². The molecule has 0 saturated carbocycles. The molecule has 1 unspecified atom stereocenters. The first-order chi connectivity index (χ1) is 10.8. The summed E-state index contributed by atoms with van der Waals surface area (Å²) < 4.78 is 43.7. The first-order valence-electron chi connectivity index (χ1n) is 6.67. The predicted molar refractivity (Wildman–Crippen MR) is 82.8 cm³/mol. The molecule has 0 spiro atoms. The van der Waals surface area contributed by atoms with Crippen molar-refractivity contribution in [3.8, 4) is 5.75 Å². The molecule has 2 aromatic rings. The fourth-order valence-electron chi connectivity index (χ4n) is 2.29. The Hall–Kier alpha value is -1.72. The van der Waals surface area contributed by atoms with E-state index in [1.165, 1.54) is 6.08 Å². The Kier molecular flexibility index (Phi) is 4.25. The van der Waals surface area contributed by atoms with E-state index in [-0.39, 0.29) is 10.8 Å². The molecule has 120 valence electrons. The number of benzene rings is 1. The maximum Gasteiger partial charge on any atom is 0.430 e. The summed E-state index contributed by atoms with van der Waals surface area (Å²) in [6.07, 6.45) is -3.26. The van der Waals surface area contributed by atoms with Crippen LogP contribution in [-0.2, 0) is 6.42 Å². The summed E-state index contributed by atoms with van der Waals surface area (Å²) in [5.41, 5.74) is 2.22. The number of ether oxygens (including phenoxy) is 1. The molecule has 1 aromatic heterocycles. The second-order valence-electron chi connectivity index (χ2n) is 5.11. The number of halogens is 5. The summed E-state index contributed by atoms with van der Waals surface area (Å²) in [5, 5.41) is 0.00923. The van der Waals surface area contributed by atoms with Crippen LogP contribution in [0.1, 0.15) is 16.7 Å². The van der Waals surface area contributed by atoms with Crippen LogP contribution in [0.5, 0.6) is 5.75 Å². The van der Waals surface area contributed by atoms with Gasteiger partial charge >= 0.3 is 6.18 Å². The Morgan fingerprint density at radius 2 is 1.83 bits per heavy atom. The van der Waals surface area contributed by atoms with Crippen LogP contribution in [0.25, 0.3) is 6.08 Å². The molecule has 0 bridgehead atoms. The van der Waals surface area contributed by atoms with Gasteiger partial charge in [0.15, 0.2) is 0 Å². The molecule has 0 saturated heterocycles. The standard InChI is InChI=1S/C16H10Cl2F3NO/c17-12-7-11-3-1-9(5-10-2-4-14(18)22-8-10)6-13(11)23-15(12)16(19,20)21/h1-4,6-8,15H,5H2. The maximum atomic E-state index is 12.9. The smallest absolute Gasteiger partial charge is 0.430 e. The largest absolute Gasteiger partial charge is 0.475 e. The van der Waals surface area contributed by atoms with Gasteiger partial charge in [-0.1, -0.05) is 41.4 Å². The van der Waals surface area contributed by atoms with Crippen LogP contribution in [0.3, 0.4) is 0 Å². The predicted octanol–water partition coefficient (Wildman–Crippen LogP) is 5.23. The number of hydrogen-bond acceptors (Lipinski definition) is 2. The normalized spacial score (nSPS) is 17.3. The van der Waals surface area contributed by atoms with E-state index in [1.807, 2.05) is 12.1 Å². The average molecular weight is 360 g/mol. The number of nitrogens with zero attached hydrogens (tertiary/aromatic N) is 1. The van der Waals surface area contributed by atoms with Gasteiger partial charge in [0.2, 0.25) is 6.10 Å². The summed E-state index contributed by atoms with van der Waals surface area (Å²) >= 11 is 11.4. The lowest BCUT2D eigenvalue weighted by Crippen LogP contribution is -2.36. The molecule has 1 aromatic carbocycles. The Balaban J connectivity index is 1.87. The second kappa shape index (κ2) is 6.06. The van der Waals surface area contributed by atoms with Crippen molar-refractivity contribution in [3.63, 3.8) is 0 Å². The third-order valence-electron chi connectivity index (χ3n) is 3.36. The van der Waals surface area contributed by atoms with Crippen LogP contribution in [0.4, 0.5) is 13.2 Å². The molecular formula is C16H10Cl2F3NO. The van der Waals surface area contributed by atoms with Crippen molar-refractivity contribution in [3.05, 3.63) is 63.4 Å². The van der Waals surface area contributed by atoms with E-state index < -0.39 is 12.3 Å². The van der Waals surface area contributed by atoms with Gasteiger partial charge in [-0.25, -0.2) is 4.98 Å². The molecule has 0 amide bonds. The minimum atomic E-state index is -4.55. The third-order valence-corrected chi connectivity index (χ3v) is 3.89. The minimum Gasteiger partial charge on any atom is -0.475 e. The van der Waals surface area contributed by atoms with Gasteiger partial charge in [-0.3, -0.25) is 0 Å². The average Bonchev–Trinajstić information content (AvgIpc) is 2.48. The van der Waals surface area contributed by atoms with Gasteiger partial charge in [0.1, 0.15) is 10.9 Å². The zero-order valence-electron chi connectivity index (χ0n) is 11.6. The highest BCUT2D eigenvalue weighted by molar-refractivity contribution is 6.32. The molecule has 0 N–H and O–H groups in total. The molecule has 23 heavy (non-hydrogen) atoms. The summed E-state index contributed by atoms with van der Waals surface area (Å²) in [7, 11) is 0. The maximum absolute atomic E-state index is 12.9. The quantitative estimate of drug-likeness (QED) is 0.685. The van der Waals surface area contributed by atoms with Crippen LogP contribution < -0.4 is 4.74 Å². The third kappa shape index (κ3) is 3.62. The Morgan fingerprint density at radius 1 is 1.09 bits per heavy atom. The molecular weight excluding hydrogens is 350 g/mol. The van der Waals surface area contributed by atoms with Crippen LogP contribution in [-0.4, -0.2) is 17.3 Å². The van der Waals surface area contributed by atoms with Gasteiger partial charge in [-0.05, 0) is 35.8 Å². The summed E-state index contributed by atoms with van der Waals surface area (Å²) in [4.78, 5) is 3.98. The van der Waals surface area contributed by atoms with E-state index in [9.17, 15) is 13.2 Å². The molecule has 1 atom stereocenters. The van der Waals surface area contributed by atoms with E-state index in [4.69, 9.17) is 27.9 Å². The van der Waals surface area contributed by atoms with E-state index in [2.05, 4.69) is 4.98 Å². The number of rotatable bonds is 2. The zero-order chi connectivity index (χ0) is 16.6. The molecule has 2 nitrogen and oxygen atoms in total. The minimum absolute atomic E-state index is 0.163. The van der Waals surface area contributed by atoms with Crippen molar-refractivity contribution in [2.24, 2.45) is 0 Å². The van der Waals surface area contributed by atoms with E-state index in [0.29, 0.717) is 17.1 Å². The van der Waals surface area contributed by atoms with Crippen molar-refractivity contribution in [2.45, 2.75) is 18.7 Å². The zero-order valence-corrected chi connectivity index (χ0v) is 13.1. The van der Waals surface area contributed by atoms with Crippen LogP contribution in [0.15, 0.2) is 41.6 Å². The Labute approximate surface area is 140 Å². The molecule has 0 fully saturated rings. The topological polar surface area (TPSA) is 22.1 Å². The first-order valence-corrected chi connectivity index (χ1v) is 7.42. The molecule has 7 heteroatoms. The van der Waals surface area contributed by atoms with Gasteiger partial charge in [-0.15, -0.1) is 0 Å². The van der Waals surface area contributed by atoms with Gasteiger partial charge in [0, 0.05) is 11.8 Å². The first kappa shape index (κ1) is 16.1. The van der Waals surface area contributed by atoms with E-state index in [1.54, 1.807) is 24.4 Å². The Morgan fingerprint density at radius 3 is 2.48 bits per heavy atom. The van der Waals surface area contributed by atoms with Crippen molar-refractivity contribution in [2.75, 3.05) is 0 Å². The summed E-state index contributed by atoms with van der Waals surface area (Å²) in [6, 6.07) is 8.55. The highest BCUT2D eigenvalue weighted by atomic mass is 35.5. The lowest BCUT2D eigenvalue weighted by molar-refractivity contribution is -0.181. The number of alkyl halides is 3. The lowest BCUT2D eigenvalue weighted by Gasteiger charge is -2.26. The lowest BCUT2D eigenvalue weighted by atomic mass is 10.0. The van der Waals surface area contributed by atoms with Crippen molar-refractivity contribution in [1.29, 1.82) is 0 Å². The monoisotopic (exact) mass is 359 g/mol. The van der Waals surface area contributed by atoms with Crippen molar-refractivity contribution >= 4 is 29.3 Å². The van der Waals surface area contributed by atoms with Crippen molar-refractivity contribution < 1.29 is 17.9 Å². The van der Waals surface area contributed by atoms with E-state index >= 15 is 0 Å². The van der Waals surface area contributed by atoms with Crippen LogP contribution in [0.2, 0.25) is 5.15 Å². The molecule has 3 rings (SSSR count). The van der Waals surface area contributed by atoms with Gasteiger partial charge in [0.25, 0.3) is 0 Å². The van der Waals surface area contributed by atoms with Crippen LogP contribution >= 0.6 is 23.2 Å². The fraction of sp³-hybridized carbons (Fsp3) is 0.188. The molecule has 0 aliphatic carbocycles. The molecule has 2 heterocycles. The number of hydrogen-bond donors (Lipinski definition) is 0. The summed E-state index contributed by atoms with van der Waals surface area (Å²) in [6.45, 7) is 0. The highest BCUT2D eigenvalue weighted by Gasteiger charge is 2.45. The van der Waals surface area contributed by atoms with Gasteiger partial charge in [-0.2, -0.15) is 13.2 Å². The van der Waals surface area contributed by atoms with Crippen LogP contribution in [0, 0.1) is 0 Å². The number of aromatic nitrogens is 1.